The Balaban J connectivity index is 1.70. The lowest BCUT2D eigenvalue weighted by atomic mass is 10.0. The van der Waals surface area contributed by atoms with Crippen molar-refractivity contribution in [3.8, 4) is 10.8 Å². The van der Waals surface area contributed by atoms with Gasteiger partial charge in [0.15, 0.2) is 0 Å². The second-order valence-corrected chi connectivity index (χ2v) is 11.9. The molecule has 5 rings (SSSR count). The number of methoxy groups -OCH3 is 1. The number of nitrogens with zero attached hydrogens (tertiary/aromatic N) is 5. The number of hydrogen-bond acceptors (Lipinski definition) is 10. The number of carbonyl (C=O) groups excluding carboxylic acids is 2. The molecular weight excluding hydrogens is 617 g/mol. The van der Waals surface area contributed by atoms with Gasteiger partial charge in [-0.25, -0.2) is 18.5 Å². The van der Waals surface area contributed by atoms with Gasteiger partial charge in [-0.2, -0.15) is 10.2 Å². The number of carbonyl (C=O) groups is 2. The van der Waals surface area contributed by atoms with Crippen molar-refractivity contribution >= 4 is 33.8 Å². The Bertz CT molecular complexity index is 1980. The molecule has 1 atom stereocenters. The molecule has 240 valence electrons. The highest BCUT2D eigenvalue weighted by atomic mass is 32.1. The summed E-state index contributed by atoms with van der Waals surface area (Å²) in [5, 5.41) is 9.04. The van der Waals surface area contributed by atoms with E-state index in [1.54, 1.807) is 31.2 Å². The van der Waals surface area contributed by atoms with Crippen molar-refractivity contribution in [2.75, 3.05) is 13.7 Å². The molecule has 46 heavy (non-hydrogen) atoms. The Kier molecular flexibility index (Phi) is 9.58. The number of aryl methyl sites for hydroxylation is 1. The van der Waals surface area contributed by atoms with Crippen LogP contribution in [0, 0.1) is 12.7 Å². The fourth-order valence-electron chi connectivity index (χ4n) is 5.11. The first-order valence-corrected chi connectivity index (χ1v) is 15.2. The number of benzene rings is 2. The quantitative estimate of drug-likeness (QED) is 0.105. The molecule has 0 spiro atoms. The lowest BCUT2D eigenvalue weighted by Gasteiger charge is -2.27. The zero-order valence-corrected chi connectivity index (χ0v) is 26.5. The molecule has 0 amide bonds. The average molecular weight is 650 g/mol. The molecule has 5 aromatic rings. The summed E-state index contributed by atoms with van der Waals surface area (Å²) in [4.78, 5) is 54.9. The summed E-state index contributed by atoms with van der Waals surface area (Å²) in [5.74, 6) is -1.07. The number of hydrogen-bond donors (Lipinski definition) is 0. The van der Waals surface area contributed by atoms with E-state index >= 15 is 0 Å². The fourth-order valence-corrected chi connectivity index (χ4v) is 6.33. The molecule has 3 heterocycles. The third kappa shape index (κ3) is 6.26. The van der Waals surface area contributed by atoms with Crippen LogP contribution in [0.1, 0.15) is 43.1 Å². The Hall–Kier alpha value is -4.95. The molecule has 12 nitrogen and oxygen atoms in total. The molecule has 0 saturated heterocycles. The Morgan fingerprint density at radius 1 is 1.11 bits per heavy atom. The van der Waals surface area contributed by atoms with Crippen molar-refractivity contribution in [3.63, 3.8) is 0 Å². The summed E-state index contributed by atoms with van der Waals surface area (Å²) in [5.41, 5.74) is -1.77. The van der Waals surface area contributed by atoms with E-state index < -0.39 is 34.7 Å². The van der Waals surface area contributed by atoms with E-state index in [4.69, 9.17) is 14.2 Å². The number of ether oxygens (including phenoxy) is 3. The van der Waals surface area contributed by atoms with Crippen LogP contribution in [-0.2, 0) is 37.8 Å². The van der Waals surface area contributed by atoms with Crippen LogP contribution in [0.2, 0.25) is 0 Å². The van der Waals surface area contributed by atoms with Crippen molar-refractivity contribution in [1.29, 1.82) is 0 Å². The molecule has 0 aliphatic rings. The lowest BCUT2D eigenvalue weighted by molar-refractivity contribution is -0.154. The van der Waals surface area contributed by atoms with Crippen LogP contribution in [0.4, 0.5) is 4.39 Å². The summed E-state index contributed by atoms with van der Waals surface area (Å²) in [7, 11) is 1.42. The minimum atomic E-state index is -1.75. The van der Waals surface area contributed by atoms with Crippen LogP contribution in [0.15, 0.2) is 70.5 Å². The van der Waals surface area contributed by atoms with Gasteiger partial charge in [0, 0.05) is 17.5 Å². The second kappa shape index (κ2) is 13.6. The third-order valence-electron chi connectivity index (χ3n) is 7.50. The highest BCUT2D eigenvalue weighted by molar-refractivity contribution is 7.21. The highest BCUT2D eigenvalue weighted by Gasteiger charge is 2.37. The number of rotatable bonds is 13. The van der Waals surface area contributed by atoms with Crippen LogP contribution in [-0.4, -0.2) is 50.1 Å². The molecule has 0 aliphatic carbocycles. The van der Waals surface area contributed by atoms with E-state index in [2.05, 4.69) is 10.2 Å². The predicted octanol–water partition coefficient (Wildman–Crippen LogP) is 4.09. The standard InChI is InChI=1S/C32H32FN5O7S/c1-20-26-27(40)37(32(2,3)30(41)45-19-21-9-6-5-7-10-21)31(42)36(29(26)46-28(20)38-34-13-14-35-38)18-25(44-16-8-15-39)23-17-22(33)11-12-24(23)43-4/h5-7,9-15,17,25H,8,16,18-19H2,1-4H3/t25-/m0/s1. The largest absolute Gasteiger partial charge is 0.496 e. The SMILES string of the molecule is COc1ccc(F)cc1[C@H](Cn1c(=O)n(C(C)(C)C(=O)OCc2ccccc2)c(=O)c2c(C)c(-n3nccn3)sc21)OCCC=O. The van der Waals surface area contributed by atoms with Crippen LogP contribution < -0.4 is 16.0 Å². The molecule has 2 aromatic carbocycles. The summed E-state index contributed by atoms with van der Waals surface area (Å²) < 4.78 is 33.8. The van der Waals surface area contributed by atoms with E-state index in [0.29, 0.717) is 22.6 Å². The van der Waals surface area contributed by atoms with Crippen molar-refractivity contribution in [2.24, 2.45) is 0 Å². The van der Waals surface area contributed by atoms with Gasteiger partial charge in [0.1, 0.15) is 45.9 Å². The number of aromatic nitrogens is 5. The first kappa shape index (κ1) is 32.4. The number of thiophene rings is 1. The average Bonchev–Trinajstić information content (AvgIpc) is 3.69. The lowest BCUT2D eigenvalue weighted by Crippen LogP contribution is -2.53. The summed E-state index contributed by atoms with van der Waals surface area (Å²) >= 11 is 1.10. The van der Waals surface area contributed by atoms with E-state index in [1.165, 1.54) is 60.9 Å². The molecule has 0 bridgehead atoms. The molecule has 14 heteroatoms. The zero-order valence-electron chi connectivity index (χ0n) is 25.6. The monoisotopic (exact) mass is 649 g/mol. The number of aldehydes is 1. The van der Waals surface area contributed by atoms with Gasteiger partial charge in [0.25, 0.3) is 5.56 Å². The van der Waals surface area contributed by atoms with Crippen LogP contribution >= 0.6 is 11.3 Å². The maximum Gasteiger partial charge on any atom is 0.333 e. The number of esters is 1. The predicted molar refractivity (Wildman–Crippen MR) is 168 cm³/mol. The molecule has 0 unspecified atom stereocenters. The minimum absolute atomic E-state index is 0.0331. The van der Waals surface area contributed by atoms with Gasteiger partial charge in [-0.3, -0.25) is 9.36 Å². The maximum absolute atomic E-state index is 14.5. The Labute approximate surface area is 266 Å². The molecule has 0 saturated carbocycles. The van der Waals surface area contributed by atoms with Crippen molar-refractivity contribution in [1.82, 2.24) is 24.1 Å². The summed E-state index contributed by atoms with van der Waals surface area (Å²) in [6.07, 6.45) is 2.69. The third-order valence-corrected chi connectivity index (χ3v) is 8.78. The minimum Gasteiger partial charge on any atom is -0.496 e. The normalized spacial score (nSPS) is 12.3. The van der Waals surface area contributed by atoms with Crippen molar-refractivity contribution < 1.29 is 28.2 Å². The number of fused-ring (bicyclic) bond motifs is 1. The van der Waals surface area contributed by atoms with E-state index in [-0.39, 0.29) is 42.0 Å². The van der Waals surface area contributed by atoms with Gasteiger partial charge in [-0.1, -0.05) is 41.7 Å². The Morgan fingerprint density at radius 2 is 1.83 bits per heavy atom. The maximum atomic E-state index is 14.5. The first-order chi connectivity index (χ1) is 22.1. The molecule has 0 fully saturated rings. The van der Waals surface area contributed by atoms with E-state index in [1.807, 2.05) is 6.07 Å². The Morgan fingerprint density at radius 3 is 2.50 bits per heavy atom. The molecule has 3 aromatic heterocycles. The van der Waals surface area contributed by atoms with Crippen LogP contribution in [0.5, 0.6) is 5.75 Å². The molecule has 0 aliphatic heterocycles. The van der Waals surface area contributed by atoms with Gasteiger partial charge in [0.05, 0.1) is 38.0 Å². The molecule has 0 radical (unpaired) electrons. The number of halogens is 1. The summed E-state index contributed by atoms with van der Waals surface area (Å²) in [6.45, 7) is 4.25. The first-order valence-electron chi connectivity index (χ1n) is 14.3. The molecular formula is C32H32FN5O7S. The van der Waals surface area contributed by atoms with Gasteiger partial charge in [-0.15, -0.1) is 4.80 Å². The van der Waals surface area contributed by atoms with Crippen LogP contribution in [0.3, 0.4) is 0 Å². The van der Waals surface area contributed by atoms with E-state index in [0.717, 1.165) is 21.5 Å². The topological polar surface area (TPSA) is 137 Å². The van der Waals surface area contributed by atoms with Gasteiger partial charge < -0.3 is 19.0 Å². The second-order valence-electron chi connectivity index (χ2n) is 10.9. The van der Waals surface area contributed by atoms with Gasteiger partial charge in [-0.05, 0) is 44.5 Å². The summed E-state index contributed by atoms with van der Waals surface area (Å²) in [6, 6.07) is 12.9. The van der Waals surface area contributed by atoms with Crippen molar-refractivity contribution in [2.45, 2.75) is 52.0 Å². The van der Waals surface area contributed by atoms with Gasteiger partial charge >= 0.3 is 11.7 Å². The molecule has 0 N–H and O–H groups in total. The smallest absolute Gasteiger partial charge is 0.333 e. The van der Waals surface area contributed by atoms with E-state index in [9.17, 15) is 23.6 Å². The van der Waals surface area contributed by atoms with Crippen molar-refractivity contribution in [3.05, 3.63) is 104 Å². The highest BCUT2D eigenvalue weighted by Crippen LogP contribution is 2.34. The zero-order chi connectivity index (χ0) is 33.0. The fraction of sp³-hybridized carbons (Fsp3) is 0.312. The van der Waals surface area contributed by atoms with Gasteiger partial charge in [0.2, 0.25) is 0 Å². The van der Waals surface area contributed by atoms with Crippen LogP contribution in [0.25, 0.3) is 15.2 Å².